The van der Waals surface area contributed by atoms with Crippen LogP contribution in [0.2, 0.25) is 0 Å². The molecular formula is C30H33N5. The number of benzene rings is 2. The molecule has 0 fully saturated rings. The van der Waals surface area contributed by atoms with Crippen molar-refractivity contribution in [3.63, 3.8) is 0 Å². The topological polar surface area (TPSA) is 52.9 Å². The second-order valence-corrected chi connectivity index (χ2v) is 8.75. The van der Waals surface area contributed by atoms with E-state index in [0.29, 0.717) is 0 Å². The molecule has 4 rings (SSSR count). The number of pyridine rings is 1. The van der Waals surface area contributed by atoms with E-state index in [1.54, 1.807) is 0 Å². The fourth-order valence-electron chi connectivity index (χ4n) is 4.28. The first-order valence-corrected chi connectivity index (χ1v) is 12.0. The molecule has 2 aromatic carbocycles. The van der Waals surface area contributed by atoms with Crippen LogP contribution in [0, 0.1) is 6.92 Å². The van der Waals surface area contributed by atoms with Gasteiger partial charge in [-0.15, -0.1) is 0 Å². The Labute approximate surface area is 208 Å². The number of nitrogens with zero attached hydrogens (tertiary/aromatic N) is 4. The normalized spacial score (nSPS) is 15.0. The summed E-state index contributed by atoms with van der Waals surface area (Å²) in [5, 5.41) is 3.51. The van der Waals surface area contributed by atoms with Crippen LogP contribution < -0.4 is 5.32 Å². The lowest BCUT2D eigenvalue weighted by molar-refractivity contribution is 0.289. The SMILES string of the molecule is C=C/C(=C\c1ccccc1C)Nc1nccc2c1CCN(CC(=NC)N=C(C)c1ccccc1)C2. The number of allylic oxidation sites excluding steroid dienone is 1. The number of hydrogen-bond donors (Lipinski definition) is 1. The summed E-state index contributed by atoms with van der Waals surface area (Å²) < 4.78 is 0. The monoisotopic (exact) mass is 463 g/mol. The van der Waals surface area contributed by atoms with E-state index in [2.05, 4.69) is 82.2 Å². The number of aromatic nitrogens is 1. The summed E-state index contributed by atoms with van der Waals surface area (Å²) in [6.45, 7) is 10.6. The number of anilines is 1. The van der Waals surface area contributed by atoms with Crippen LogP contribution in [0.4, 0.5) is 5.82 Å². The van der Waals surface area contributed by atoms with Gasteiger partial charge >= 0.3 is 0 Å². The molecule has 0 spiro atoms. The van der Waals surface area contributed by atoms with Gasteiger partial charge in [-0.25, -0.2) is 9.98 Å². The number of amidine groups is 1. The zero-order valence-electron chi connectivity index (χ0n) is 20.8. The largest absolute Gasteiger partial charge is 0.340 e. The molecule has 0 atom stereocenters. The van der Waals surface area contributed by atoms with Gasteiger partial charge in [-0.2, -0.15) is 0 Å². The molecule has 178 valence electrons. The highest BCUT2D eigenvalue weighted by atomic mass is 15.2. The summed E-state index contributed by atoms with van der Waals surface area (Å²) in [7, 11) is 1.82. The molecule has 0 radical (unpaired) electrons. The molecule has 0 bridgehead atoms. The highest BCUT2D eigenvalue weighted by Crippen LogP contribution is 2.26. The van der Waals surface area contributed by atoms with Gasteiger partial charge in [0.1, 0.15) is 11.7 Å². The molecule has 1 aliphatic heterocycles. The summed E-state index contributed by atoms with van der Waals surface area (Å²) >= 11 is 0. The fraction of sp³-hybridized carbons (Fsp3) is 0.233. The molecule has 0 unspecified atom stereocenters. The molecule has 3 aromatic rings. The third-order valence-corrected chi connectivity index (χ3v) is 6.32. The Kier molecular flexibility index (Phi) is 8.01. The maximum Gasteiger partial charge on any atom is 0.137 e. The second-order valence-electron chi connectivity index (χ2n) is 8.75. The summed E-state index contributed by atoms with van der Waals surface area (Å²) in [6.07, 6.45) is 6.76. The number of nitrogens with one attached hydrogen (secondary N) is 1. The fourth-order valence-corrected chi connectivity index (χ4v) is 4.28. The third kappa shape index (κ3) is 6.19. The zero-order valence-corrected chi connectivity index (χ0v) is 20.8. The van der Waals surface area contributed by atoms with Crippen molar-refractivity contribution in [1.29, 1.82) is 0 Å². The minimum Gasteiger partial charge on any atom is -0.340 e. The predicted octanol–water partition coefficient (Wildman–Crippen LogP) is 5.92. The van der Waals surface area contributed by atoms with Crippen LogP contribution in [0.1, 0.15) is 34.7 Å². The number of rotatable bonds is 7. The van der Waals surface area contributed by atoms with Crippen molar-refractivity contribution >= 4 is 23.4 Å². The van der Waals surface area contributed by atoms with Crippen molar-refractivity contribution < 1.29 is 0 Å². The molecule has 5 heteroatoms. The Morgan fingerprint density at radius 3 is 2.63 bits per heavy atom. The van der Waals surface area contributed by atoms with Gasteiger partial charge in [0.2, 0.25) is 0 Å². The highest BCUT2D eigenvalue weighted by molar-refractivity contribution is 6.06. The van der Waals surface area contributed by atoms with Crippen molar-refractivity contribution in [3.8, 4) is 0 Å². The van der Waals surface area contributed by atoms with Gasteiger partial charge in [0, 0.05) is 43.3 Å². The molecular weight excluding hydrogens is 430 g/mol. The van der Waals surface area contributed by atoms with Crippen molar-refractivity contribution in [2.45, 2.75) is 26.8 Å². The van der Waals surface area contributed by atoms with E-state index in [4.69, 9.17) is 4.99 Å². The first-order valence-electron chi connectivity index (χ1n) is 12.0. The van der Waals surface area contributed by atoms with Crippen LogP contribution in [0.5, 0.6) is 0 Å². The Hall–Kier alpha value is -3.83. The molecule has 5 nitrogen and oxygen atoms in total. The van der Waals surface area contributed by atoms with Crippen molar-refractivity contribution in [2.24, 2.45) is 9.98 Å². The van der Waals surface area contributed by atoms with Gasteiger partial charge in [-0.05, 0) is 60.7 Å². The highest BCUT2D eigenvalue weighted by Gasteiger charge is 2.21. The summed E-state index contributed by atoms with van der Waals surface area (Å²) in [6, 6.07) is 20.7. The van der Waals surface area contributed by atoms with E-state index >= 15 is 0 Å². The van der Waals surface area contributed by atoms with Crippen molar-refractivity contribution in [1.82, 2.24) is 9.88 Å². The molecule has 0 saturated carbocycles. The molecule has 0 saturated heterocycles. The van der Waals surface area contributed by atoms with E-state index in [1.807, 2.05) is 44.4 Å². The van der Waals surface area contributed by atoms with Crippen LogP contribution in [0.15, 0.2) is 95.2 Å². The average molecular weight is 464 g/mol. The van der Waals surface area contributed by atoms with Crippen LogP contribution >= 0.6 is 0 Å². The number of aliphatic imine (C=N–C) groups is 2. The molecule has 35 heavy (non-hydrogen) atoms. The molecule has 1 N–H and O–H groups in total. The van der Waals surface area contributed by atoms with Gasteiger partial charge in [0.25, 0.3) is 0 Å². The number of hydrogen-bond acceptors (Lipinski definition) is 4. The third-order valence-electron chi connectivity index (χ3n) is 6.32. The predicted molar refractivity (Wildman–Crippen MR) is 148 cm³/mol. The van der Waals surface area contributed by atoms with Crippen LogP contribution in [0.25, 0.3) is 6.08 Å². The molecule has 1 aliphatic rings. The maximum atomic E-state index is 4.81. The van der Waals surface area contributed by atoms with Crippen LogP contribution in [-0.4, -0.2) is 41.6 Å². The first kappa shape index (κ1) is 24.3. The quantitative estimate of drug-likeness (QED) is 0.269. The minimum absolute atomic E-state index is 0.719. The average Bonchev–Trinajstić information content (AvgIpc) is 2.89. The standard InChI is InChI=1S/C30H33N5/c1-5-27(19-25-14-10-9-11-22(25)2)34-30-28-16-18-35(20-26(28)15-17-32-30)21-29(31-4)33-23(3)24-12-7-6-8-13-24/h5-15,17,19H,1,16,18,20-21H2,2-4H3,(H,32,34)/b27-19+,31-29?,33-23?. The molecule has 1 aromatic heterocycles. The van der Waals surface area contributed by atoms with E-state index in [1.165, 1.54) is 22.3 Å². The molecule has 2 heterocycles. The smallest absolute Gasteiger partial charge is 0.137 e. The van der Waals surface area contributed by atoms with E-state index < -0.39 is 0 Å². The lowest BCUT2D eigenvalue weighted by Gasteiger charge is -2.29. The van der Waals surface area contributed by atoms with Crippen molar-refractivity contribution in [2.75, 3.05) is 25.5 Å². The van der Waals surface area contributed by atoms with E-state index in [9.17, 15) is 0 Å². The van der Waals surface area contributed by atoms with Gasteiger partial charge in [0.05, 0.1) is 6.54 Å². The summed E-state index contributed by atoms with van der Waals surface area (Å²) in [5.74, 6) is 1.75. The maximum absolute atomic E-state index is 4.81. The van der Waals surface area contributed by atoms with Crippen molar-refractivity contribution in [3.05, 3.63) is 113 Å². The second kappa shape index (κ2) is 11.5. The van der Waals surface area contributed by atoms with E-state index in [0.717, 1.165) is 54.7 Å². The molecule has 0 amide bonds. The molecule has 0 aliphatic carbocycles. The minimum atomic E-state index is 0.719. The van der Waals surface area contributed by atoms with Gasteiger partial charge in [0.15, 0.2) is 0 Å². The number of fused-ring (bicyclic) bond motifs is 1. The summed E-state index contributed by atoms with van der Waals surface area (Å²) in [4.78, 5) is 16.3. The van der Waals surface area contributed by atoms with Gasteiger partial charge < -0.3 is 5.32 Å². The Morgan fingerprint density at radius 1 is 1.11 bits per heavy atom. The van der Waals surface area contributed by atoms with Crippen LogP contribution in [-0.2, 0) is 13.0 Å². The zero-order chi connectivity index (χ0) is 24.6. The Bertz CT molecular complexity index is 1270. The Morgan fingerprint density at radius 2 is 1.89 bits per heavy atom. The first-order chi connectivity index (χ1) is 17.1. The van der Waals surface area contributed by atoms with E-state index in [-0.39, 0.29) is 0 Å². The van der Waals surface area contributed by atoms with Gasteiger partial charge in [-0.1, -0.05) is 61.2 Å². The number of aryl methyl sites for hydroxylation is 1. The summed E-state index contributed by atoms with van der Waals surface area (Å²) in [5.41, 5.74) is 7.99. The lowest BCUT2D eigenvalue weighted by atomic mass is 10.0. The lowest BCUT2D eigenvalue weighted by Crippen LogP contribution is -2.35. The van der Waals surface area contributed by atoms with Gasteiger partial charge in [-0.3, -0.25) is 9.89 Å². The Balaban J connectivity index is 1.48. The van der Waals surface area contributed by atoms with Crippen LogP contribution in [0.3, 0.4) is 0 Å².